The normalized spacial score (nSPS) is 11.3. The van der Waals surface area contributed by atoms with E-state index in [9.17, 15) is 27.2 Å². The number of imidazole rings is 2. The molecular formula is C79H107ClF4IN21O5. The van der Waals surface area contributed by atoms with Crippen LogP contribution in [0.4, 0.5) is 35.1 Å². The highest BCUT2D eigenvalue weighted by atomic mass is 127. The second-order valence-electron chi connectivity index (χ2n) is 29.5. The van der Waals surface area contributed by atoms with Gasteiger partial charge in [0.2, 0.25) is 11.2 Å². The molecule has 6 N–H and O–H groups in total. The van der Waals surface area contributed by atoms with Gasteiger partial charge in [-0.2, -0.15) is 30.4 Å². The monoisotopic (exact) mass is 1670 g/mol. The molecule has 0 aromatic carbocycles. The lowest BCUT2D eigenvalue weighted by Crippen LogP contribution is -2.19. The molecule has 111 heavy (non-hydrogen) atoms. The van der Waals surface area contributed by atoms with E-state index in [0.717, 1.165) is 62.4 Å². The van der Waals surface area contributed by atoms with Crippen molar-refractivity contribution in [1.29, 1.82) is 0 Å². The summed E-state index contributed by atoms with van der Waals surface area (Å²) < 4.78 is 73.9. The Kier molecular flexibility index (Phi) is 33.2. The van der Waals surface area contributed by atoms with E-state index < -0.39 is 20.0 Å². The molecule has 600 valence electrons. The van der Waals surface area contributed by atoms with Gasteiger partial charge in [0.25, 0.3) is 0 Å². The van der Waals surface area contributed by atoms with Crippen molar-refractivity contribution in [2.75, 3.05) is 49.2 Å². The summed E-state index contributed by atoms with van der Waals surface area (Å²) in [6.07, 6.45) is 6.98. The summed E-state index contributed by atoms with van der Waals surface area (Å²) in [6.45, 7) is 35.8. The second-order valence-corrected chi connectivity index (χ2v) is 30.9. The molecule has 0 radical (unpaired) electrons. The van der Waals surface area contributed by atoms with E-state index >= 15 is 0 Å². The van der Waals surface area contributed by atoms with Crippen LogP contribution in [0.25, 0.3) is 34.0 Å². The number of ketones is 2. The minimum atomic E-state index is -0.479. The number of hydroxylamine groups is 1. The molecule has 12 aromatic heterocycles. The quantitative estimate of drug-likeness (QED) is 0.0205. The van der Waals surface area contributed by atoms with E-state index in [0.29, 0.717) is 79.5 Å². The number of hydrogen-bond acceptors (Lipinski definition) is 18. The number of fused-ring (bicyclic) bond motifs is 2. The fourth-order valence-corrected chi connectivity index (χ4v) is 11.6. The lowest BCUT2D eigenvalue weighted by atomic mass is 9.92. The largest absolute Gasteiger partial charge is 0.456 e. The van der Waals surface area contributed by atoms with Crippen molar-refractivity contribution >= 4 is 85.7 Å². The van der Waals surface area contributed by atoms with Crippen molar-refractivity contribution in [3.63, 3.8) is 0 Å². The average molecular weight is 1670 g/mol. The number of alkyl halides is 5. The molecule has 32 heteroatoms. The summed E-state index contributed by atoms with van der Waals surface area (Å²) in [4.78, 5) is 48.3. The Morgan fingerprint density at radius 1 is 0.613 bits per heavy atom. The zero-order valence-electron chi connectivity index (χ0n) is 67.5. The number of carbonyl (C=O) groups is 2. The fraction of sp³-hybridized carbons (Fsp3) is 0.443. The maximum Gasteiger partial charge on any atom is 0.210 e. The van der Waals surface area contributed by atoms with Crippen LogP contribution in [0.2, 0.25) is 5.28 Å². The number of aromatic nitrogens is 18. The molecule has 0 unspecified atom stereocenters. The molecule has 0 atom stereocenters. The second kappa shape index (κ2) is 40.9. The van der Waals surface area contributed by atoms with E-state index in [4.69, 9.17) is 32.0 Å². The summed E-state index contributed by atoms with van der Waals surface area (Å²) >= 11 is 8.01. The fourth-order valence-electron chi connectivity index (χ4n) is 11.5. The highest BCUT2D eigenvalue weighted by Crippen LogP contribution is 2.33. The number of halogens is 6. The lowest BCUT2D eigenvalue weighted by molar-refractivity contribution is -0.117. The number of nitrogens with two attached hydrogens (primary N) is 1. The molecule has 0 spiro atoms. The Morgan fingerprint density at radius 3 is 1.59 bits per heavy atom. The molecule has 12 heterocycles. The van der Waals surface area contributed by atoms with Crippen molar-refractivity contribution in [3.05, 3.63) is 171 Å². The summed E-state index contributed by atoms with van der Waals surface area (Å²) in [5.74, 6) is 6.08. The van der Waals surface area contributed by atoms with Crippen LogP contribution in [-0.4, -0.2) is 143 Å². The summed E-state index contributed by atoms with van der Waals surface area (Å²) in [5, 5.41) is 31.5. The first kappa shape index (κ1) is 90.0. The van der Waals surface area contributed by atoms with Gasteiger partial charge in [-0.3, -0.25) is 43.1 Å². The standard InChI is InChI=1S/C23H26FN7O2.C16H15ClN4O2.C15H22FN3.C13H19N3.C9H16FN3.C2H4FI.CH5NO/c1-14(2)19-12-21(29-31(19)8-6-24)27-23-28-22-20(30(23)4)11-18(13-26-22)33-17-5-7-25-16(10-17)9-15(3)32;1-9(22)6-11-7-12(4-5-18-11)23-13-8-19-15-14(10(13)2)21(3)16(17)20-15;1-11-6-7-12(2)19(11)14-10-13(15(3,4)5)18(17-14)9-8-16;1-9-6-7-10(2)16(9)12-8-11(14-15-12)13(3,4)5;1-9(2,3)7-6-8(11)12-13(7)5-4-10;3-1-2-4;1-2-3/h5,7,10-14H,6,8-9H2,1-4H3,(H,26,27,28,29);4-5,7-8H,6H2,1-3H3;6-7,10H,8-9H2,1-5H3;6-8H,1-5H3,(H,14,15);6H,4-5H2,1-3H3,(H2,11,12);1-2H2;2-3H,1H3. The van der Waals surface area contributed by atoms with E-state index in [1.54, 1.807) is 79.2 Å². The smallest absolute Gasteiger partial charge is 0.210 e. The van der Waals surface area contributed by atoms with Crippen molar-refractivity contribution in [2.45, 2.75) is 179 Å². The van der Waals surface area contributed by atoms with E-state index in [-0.39, 0.29) is 66.3 Å². The number of nitrogens with one attached hydrogen (secondary N) is 3. The molecule has 0 aliphatic heterocycles. The number of aryl methyl sites for hydroxylation is 10. The SMILES string of the molecule is CC(=O)Cc1cc(Oc2cnc3nc(Cl)n(C)c3c2C)ccn1.CC(=O)Cc1cc(Oc2cnc3nc(Nc4cc(C(C)C)n(CCF)n4)n(C)c3c2)ccn1.CC(C)(C)c1cc(N)nn1CCF.CNO.Cc1ccc(C)n1-c1cc(C(C)(C)C)[nH]n1.Cc1ccc(C)n1-c1cc(C(C)(C)C)n(CCF)n1.FCCI. The number of Topliss-reactive ketones (excluding diaryl/α,β-unsaturated/α-hetero) is 2. The molecule has 0 amide bonds. The highest BCUT2D eigenvalue weighted by molar-refractivity contribution is 14.1. The Balaban J connectivity index is 0.000000219. The molecule has 0 aliphatic carbocycles. The minimum absolute atomic E-state index is 0.0349. The molecule has 0 fully saturated rings. The molecule has 0 saturated carbocycles. The van der Waals surface area contributed by atoms with Crippen LogP contribution in [0, 0.1) is 34.6 Å². The van der Waals surface area contributed by atoms with Crippen LogP contribution in [0.15, 0.2) is 104 Å². The minimum Gasteiger partial charge on any atom is -0.456 e. The number of aromatic amines is 1. The van der Waals surface area contributed by atoms with Crippen LogP contribution >= 0.6 is 34.2 Å². The van der Waals surface area contributed by atoms with Gasteiger partial charge >= 0.3 is 0 Å². The van der Waals surface area contributed by atoms with Crippen LogP contribution < -0.4 is 26.0 Å². The topological polar surface area (TPSA) is 302 Å². The third-order valence-corrected chi connectivity index (χ3v) is 17.5. The Morgan fingerprint density at radius 2 is 1.11 bits per heavy atom. The van der Waals surface area contributed by atoms with E-state index in [1.165, 1.54) is 32.3 Å². The number of ether oxygens (including phenoxy) is 2. The molecule has 0 bridgehead atoms. The van der Waals surface area contributed by atoms with Crippen LogP contribution in [0.3, 0.4) is 0 Å². The van der Waals surface area contributed by atoms with Gasteiger partial charge in [0.05, 0.1) is 61.1 Å². The number of H-pyrrole nitrogens is 1. The average Bonchev–Trinajstić information content (AvgIpc) is 1.66. The van der Waals surface area contributed by atoms with Crippen molar-refractivity contribution in [2.24, 2.45) is 14.1 Å². The van der Waals surface area contributed by atoms with Crippen molar-refractivity contribution < 1.29 is 41.8 Å². The summed E-state index contributed by atoms with van der Waals surface area (Å²) in [6, 6.07) is 25.1. The van der Waals surface area contributed by atoms with Crippen molar-refractivity contribution in [3.8, 4) is 34.6 Å². The lowest BCUT2D eigenvalue weighted by Gasteiger charge is -2.19. The number of nitrogens with zero attached hydrogens (tertiary/aromatic N) is 17. The zero-order valence-corrected chi connectivity index (χ0v) is 70.4. The molecule has 12 rings (SSSR count). The molecule has 0 saturated heterocycles. The first-order chi connectivity index (χ1) is 52.3. The number of pyridine rings is 4. The summed E-state index contributed by atoms with van der Waals surface area (Å²) in [7, 11) is 5.12. The highest BCUT2D eigenvalue weighted by Gasteiger charge is 2.25. The number of hydrogen-bond donors (Lipinski definition) is 5. The Labute approximate surface area is 665 Å². The number of anilines is 3. The first-order valence-corrected chi connectivity index (χ1v) is 38.0. The number of carbonyl (C=O) groups excluding carboxylic acids is 2. The molecule has 12 aromatic rings. The van der Waals surface area contributed by atoms with Gasteiger partial charge in [0.15, 0.2) is 34.5 Å². The van der Waals surface area contributed by atoms with Crippen LogP contribution in [-0.2, 0) is 72.4 Å². The summed E-state index contributed by atoms with van der Waals surface area (Å²) in [5.41, 5.74) is 21.1. The first-order valence-electron chi connectivity index (χ1n) is 36.1. The van der Waals surface area contributed by atoms with Gasteiger partial charge in [0.1, 0.15) is 54.7 Å². The van der Waals surface area contributed by atoms with Gasteiger partial charge in [-0.05, 0) is 102 Å². The van der Waals surface area contributed by atoms with Gasteiger partial charge in [-0.15, -0.1) is 0 Å². The number of rotatable bonds is 20. The third kappa shape index (κ3) is 25.3. The van der Waals surface area contributed by atoms with E-state index in [1.807, 2.05) is 74.2 Å². The third-order valence-electron chi connectivity index (χ3n) is 16.7. The van der Waals surface area contributed by atoms with Crippen LogP contribution in [0.1, 0.15) is 158 Å². The van der Waals surface area contributed by atoms with E-state index in [2.05, 4.69) is 196 Å². The van der Waals surface area contributed by atoms with Crippen molar-refractivity contribution in [1.82, 2.24) is 93.2 Å². The maximum atomic E-state index is 12.9. The zero-order chi connectivity index (χ0) is 82.4. The molecule has 0 aliphatic rings. The van der Waals surface area contributed by atoms with Gasteiger partial charge < -0.3 is 44.0 Å². The van der Waals surface area contributed by atoms with Gasteiger partial charge in [-0.25, -0.2) is 28.6 Å². The van der Waals surface area contributed by atoms with Gasteiger partial charge in [0, 0.05) is 161 Å². The Bertz CT molecular complexity index is 4950. The maximum absolute atomic E-state index is 12.9. The number of nitrogen functional groups attached to an aromatic ring is 1. The predicted octanol–water partition coefficient (Wildman–Crippen LogP) is 17.0. The van der Waals surface area contributed by atoms with Gasteiger partial charge in [-0.1, -0.05) is 98.8 Å². The van der Waals surface area contributed by atoms with Crippen LogP contribution in [0.5, 0.6) is 23.0 Å². The Hall–Kier alpha value is -9.86. The molecule has 26 nitrogen and oxygen atoms in total. The molecular weight excluding hydrogens is 1560 g/mol. The predicted molar refractivity (Wildman–Crippen MR) is 439 cm³/mol.